The van der Waals surface area contributed by atoms with Crippen LogP contribution in [0, 0.1) is 19.7 Å². The lowest BCUT2D eigenvalue weighted by Gasteiger charge is -2.14. The minimum Gasteiger partial charge on any atom is -0.506 e. The first kappa shape index (κ1) is 14.0. The largest absolute Gasteiger partial charge is 0.506 e. The van der Waals surface area contributed by atoms with Gasteiger partial charge >= 0.3 is 0 Å². The third-order valence-electron chi connectivity index (χ3n) is 2.67. The van der Waals surface area contributed by atoms with E-state index in [4.69, 9.17) is 11.6 Å². The zero-order valence-corrected chi connectivity index (χ0v) is 12.4. The number of aryl methyl sites for hydroxylation is 2. The van der Waals surface area contributed by atoms with Gasteiger partial charge in [-0.05, 0) is 35.3 Å². The van der Waals surface area contributed by atoms with Crippen LogP contribution in [0.4, 0.5) is 4.39 Å². The Labute approximate surface area is 121 Å². The third-order valence-corrected chi connectivity index (χ3v) is 3.68. The molecule has 0 saturated heterocycles. The summed E-state index contributed by atoms with van der Waals surface area (Å²) in [6, 6.07) is 1.36. The molecule has 0 aliphatic rings. The molecule has 0 saturated carbocycles. The molecule has 0 fully saturated rings. The number of hydrogen-bond acceptors (Lipinski definition) is 3. The number of aromatic nitrogens is 2. The van der Waals surface area contributed by atoms with E-state index in [0.29, 0.717) is 11.3 Å². The summed E-state index contributed by atoms with van der Waals surface area (Å²) < 4.78 is 15.2. The van der Waals surface area contributed by atoms with E-state index in [0.717, 1.165) is 4.57 Å². The predicted octanol–water partition coefficient (Wildman–Crippen LogP) is 3.11. The van der Waals surface area contributed by atoms with E-state index in [9.17, 15) is 14.3 Å². The van der Waals surface area contributed by atoms with Gasteiger partial charge in [-0.25, -0.2) is 9.37 Å². The highest BCUT2D eigenvalue weighted by atomic mass is 79.9. The van der Waals surface area contributed by atoms with Gasteiger partial charge in [-0.3, -0.25) is 9.36 Å². The summed E-state index contributed by atoms with van der Waals surface area (Å²) in [4.78, 5) is 15.8. The molecule has 7 heteroatoms. The molecule has 0 aromatic carbocycles. The van der Waals surface area contributed by atoms with Crippen molar-refractivity contribution in [2.75, 3.05) is 0 Å². The third kappa shape index (κ3) is 2.26. The molecule has 0 unspecified atom stereocenters. The maximum absolute atomic E-state index is 14.1. The Hall–Kier alpha value is -1.40. The maximum atomic E-state index is 14.1. The monoisotopic (exact) mass is 346 g/mol. The molecule has 4 nitrogen and oxygen atoms in total. The Morgan fingerprint density at radius 3 is 2.74 bits per heavy atom. The molecule has 2 heterocycles. The average Bonchev–Trinajstić information content (AvgIpc) is 2.35. The summed E-state index contributed by atoms with van der Waals surface area (Å²) in [6.45, 7) is 3.20. The SMILES string of the molecule is Cc1cnc(Cl)c(F)c1-n1c(C)cc(O)c(Br)c1=O. The second kappa shape index (κ2) is 4.94. The van der Waals surface area contributed by atoms with Crippen molar-refractivity contribution in [3.8, 4) is 11.4 Å². The lowest BCUT2D eigenvalue weighted by Crippen LogP contribution is -2.23. The van der Waals surface area contributed by atoms with Gasteiger partial charge in [0.2, 0.25) is 0 Å². The molecule has 0 amide bonds. The van der Waals surface area contributed by atoms with E-state index in [1.54, 1.807) is 13.8 Å². The van der Waals surface area contributed by atoms with Crippen LogP contribution in [0.1, 0.15) is 11.3 Å². The van der Waals surface area contributed by atoms with Gasteiger partial charge in [-0.15, -0.1) is 0 Å². The first-order chi connectivity index (χ1) is 8.84. The van der Waals surface area contributed by atoms with Crippen molar-refractivity contribution in [1.29, 1.82) is 0 Å². The fourth-order valence-electron chi connectivity index (χ4n) is 1.79. The van der Waals surface area contributed by atoms with Crippen LogP contribution in [0.5, 0.6) is 5.75 Å². The molecule has 0 spiro atoms. The summed E-state index contributed by atoms with van der Waals surface area (Å²) in [6.07, 6.45) is 1.38. The highest BCUT2D eigenvalue weighted by Crippen LogP contribution is 2.26. The highest BCUT2D eigenvalue weighted by Gasteiger charge is 2.18. The molecular weight excluding hydrogens is 338 g/mol. The summed E-state index contributed by atoms with van der Waals surface area (Å²) in [7, 11) is 0. The molecule has 2 aromatic heterocycles. The lowest BCUT2D eigenvalue weighted by molar-refractivity contribution is 0.467. The van der Waals surface area contributed by atoms with Crippen LogP contribution in [0.2, 0.25) is 5.15 Å². The van der Waals surface area contributed by atoms with Crippen LogP contribution in [0.15, 0.2) is 21.5 Å². The predicted molar refractivity (Wildman–Crippen MR) is 73.6 cm³/mol. The molecule has 2 rings (SSSR count). The zero-order valence-electron chi connectivity index (χ0n) is 10.0. The fraction of sp³-hybridized carbons (Fsp3) is 0.167. The molecule has 0 bridgehead atoms. The second-order valence-electron chi connectivity index (χ2n) is 4.02. The van der Waals surface area contributed by atoms with Crippen LogP contribution < -0.4 is 5.56 Å². The lowest BCUT2D eigenvalue weighted by atomic mass is 10.2. The summed E-state index contributed by atoms with van der Waals surface area (Å²) in [5, 5.41) is 9.24. The Bertz CT molecular complexity index is 731. The topological polar surface area (TPSA) is 55.1 Å². The van der Waals surface area contributed by atoms with Crippen molar-refractivity contribution >= 4 is 27.5 Å². The molecule has 19 heavy (non-hydrogen) atoms. The Balaban J connectivity index is 2.92. The zero-order chi connectivity index (χ0) is 14.3. The normalized spacial score (nSPS) is 10.8. The van der Waals surface area contributed by atoms with Gasteiger partial charge in [0.1, 0.15) is 10.2 Å². The average molecular weight is 348 g/mol. The van der Waals surface area contributed by atoms with Crippen molar-refractivity contribution < 1.29 is 9.50 Å². The van der Waals surface area contributed by atoms with Crippen LogP contribution >= 0.6 is 27.5 Å². The van der Waals surface area contributed by atoms with E-state index in [1.165, 1.54) is 12.3 Å². The van der Waals surface area contributed by atoms with Gasteiger partial charge in [0.05, 0.1) is 5.69 Å². The van der Waals surface area contributed by atoms with Gasteiger partial charge in [0, 0.05) is 18.0 Å². The van der Waals surface area contributed by atoms with E-state index >= 15 is 0 Å². The Morgan fingerprint density at radius 1 is 1.47 bits per heavy atom. The molecular formula is C12H9BrClFN2O2. The minimum atomic E-state index is -0.774. The van der Waals surface area contributed by atoms with Crippen LogP contribution in [0.3, 0.4) is 0 Å². The van der Waals surface area contributed by atoms with Gasteiger partial charge in [-0.1, -0.05) is 11.6 Å². The maximum Gasteiger partial charge on any atom is 0.273 e. The number of rotatable bonds is 1. The van der Waals surface area contributed by atoms with Gasteiger partial charge < -0.3 is 5.11 Å². The molecule has 0 atom stereocenters. The first-order valence-electron chi connectivity index (χ1n) is 5.26. The number of nitrogens with zero attached hydrogens (tertiary/aromatic N) is 2. The van der Waals surface area contributed by atoms with E-state index in [1.807, 2.05) is 0 Å². The van der Waals surface area contributed by atoms with Crippen molar-refractivity contribution in [1.82, 2.24) is 9.55 Å². The molecule has 2 aromatic rings. The highest BCUT2D eigenvalue weighted by molar-refractivity contribution is 9.10. The van der Waals surface area contributed by atoms with Crippen LogP contribution in [-0.4, -0.2) is 14.7 Å². The van der Waals surface area contributed by atoms with Crippen molar-refractivity contribution in [2.45, 2.75) is 13.8 Å². The minimum absolute atomic E-state index is 0.0307. The van der Waals surface area contributed by atoms with Crippen LogP contribution in [0.25, 0.3) is 5.69 Å². The van der Waals surface area contributed by atoms with Crippen molar-refractivity contribution in [3.63, 3.8) is 0 Å². The number of hydrogen-bond donors (Lipinski definition) is 1. The molecule has 100 valence electrons. The summed E-state index contributed by atoms with van der Waals surface area (Å²) in [5.41, 5.74) is 0.310. The molecule has 0 aliphatic heterocycles. The summed E-state index contributed by atoms with van der Waals surface area (Å²) in [5.74, 6) is -0.971. The Morgan fingerprint density at radius 2 is 2.11 bits per heavy atom. The fourth-order valence-corrected chi connectivity index (χ4v) is 2.22. The molecule has 0 aliphatic carbocycles. The Kier molecular flexibility index (Phi) is 3.64. The van der Waals surface area contributed by atoms with Gasteiger partial charge in [0.15, 0.2) is 11.0 Å². The molecule has 1 N–H and O–H groups in total. The summed E-state index contributed by atoms with van der Waals surface area (Å²) >= 11 is 8.62. The smallest absolute Gasteiger partial charge is 0.273 e. The van der Waals surface area contributed by atoms with Gasteiger partial charge in [0.25, 0.3) is 5.56 Å². The van der Waals surface area contributed by atoms with E-state index in [2.05, 4.69) is 20.9 Å². The standard InChI is InChI=1S/C12H9BrClFN2O2/c1-5-4-16-11(14)9(15)10(5)17-6(2)3-7(18)8(13)12(17)19/h3-4,18H,1-2H3. The first-order valence-corrected chi connectivity index (χ1v) is 6.43. The number of halogens is 3. The van der Waals surface area contributed by atoms with E-state index < -0.39 is 11.4 Å². The molecule has 0 radical (unpaired) electrons. The van der Waals surface area contributed by atoms with Crippen molar-refractivity contribution in [3.05, 3.63) is 49.3 Å². The van der Waals surface area contributed by atoms with Gasteiger partial charge in [-0.2, -0.15) is 0 Å². The van der Waals surface area contributed by atoms with Crippen LogP contribution in [-0.2, 0) is 0 Å². The quantitative estimate of drug-likeness (QED) is 0.807. The number of aromatic hydroxyl groups is 1. The van der Waals surface area contributed by atoms with Crippen molar-refractivity contribution in [2.24, 2.45) is 0 Å². The number of pyridine rings is 2. The van der Waals surface area contributed by atoms with E-state index in [-0.39, 0.29) is 21.1 Å². The second-order valence-corrected chi connectivity index (χ2v) is 5.17.